The van der Waals surface area contributed by atoms with Gasteiger partial charge in [-0.3, -0.25) is 4.79 Å². The second-order valence-corrected chi connectivity index (χ2v) is 7.41. The highest BCUT2D eigenvalue weighted by molar-refractivity contribution is 8.00. The van der Waals surface area contributed by atoms with E-state index >= 15 is 0 Å². The summed E-state index contributed by atoms with van der Waals surface area (Å²) in [5, 5.41) is 3.65. The van der Waals surface area contributed by atoms with Crippen molar-refractivity contribution in [2.75, 3.05) is 18.1 Å². The van der Waals surface area contributed by atoms with Crippen LogP contribution in [0.5, 0.6) is 0 Å². The van der Waals surface area contributed by atoms with Gasteiger partial charge >= 0.3 is 0 Å². The van der Waals surface area contributed by atoms with Gasteiger partial charge in [-0.15, -0.1) is 23.5 Å². The second-order valence-electron chi connectivity index (χ2n) is 4.75. The number of aryl methyl sites for hydroxylation is 1. The van der Waals surface area contributed by atoms with E-state index in [2.05, 4.69) is 36.5 Å². The smallest absolute Gasteiger partial charge is 0.230 e. The Labute approximate surface area is 145 Å². The molecule has 2 nitrogen and oxygen atoms in total. The van der Waals surface area contributed by atoms with Gasteiger partial charge in [0.2, 0.25) is 5.91 Å². The Morgan fingerprint density at radius 2 is 1.59 bits per heavy atom. The number of halogens is 1. The van der Waals surface area contributed by atoms with Crippen molar-refractivity contribution >= 4 is 41.0 Å². The quantitative estimate of drug-likeness (QED) is 0.581. The van der Waals surface area contributed by atoms with Crippen LogP contribution < -0.4 is 5.32 Å². The van der Waals surface area contributed by atoms with Gasteiger partial charge in [0.25, 0.3) is 0 Å². The third-order valence-electron chi connectivity index (χ3n) is 2.90. The molecule has 5 heteroatoms. The first-order valence-electron chi connectivity index (χ1n) is 6.98. The number of carbonyl (C=O) groups is 1. The van der Waals surface area contributed by atoms with Crippen LogP contribution in [0, 0.1) is 6.92 Å². The number of amides is 1. The van der Waals surface area contributed by atoms with Crippen LogP contribution in [0.4, 0.5) is 0 Å². The van der Waals surface area contributed by atoms with E-state index in [4.69, 9.17) is 11.6 Å². The van der Waals surface area contributed by atoms with Crippen molar-refractivity contribution in [3.8, 4) is 0 Å². The first kappa shape index (κ1) is 17.3. The lowest BCUT2D eigenvalue weighted by atomic mass is 10.2. The fourth-order valence-electron chi connectivity index (χ4n) is 1.72. The number of hydrogen-bond donors (Lipinski definition) is 1. The van der Waals surface area contributed by atoms with Gasteiger partial charge in [0.1, 0.15) is 0 Å². The average Bonchev–Trinajstić information content (AvgIpc) is 2.53. The third-order valence-corrected chi connectivity index (χ3v) is 5.18. The normalized spacial score (nSPS) is 10.5. The molecule has 0 fully saturated rings. The van der Waals surface area contributed by atoms with Crippen molar-refractivity contribution < 1.29 is 4.79 Å². The van der Waals surface area contributed by atoms with Crippen LogP contribution in [0.3, 0.4) is 0 Å². The molecule has 0 aliphatic carbocycles. The topological polar surface area (TPSA) is 29.1 Å². The Morgan fingerprint density at radius 3 is 2.27 bits per heavy atom. The second kappa shape index (κ2) is 9.13. The highest BCUT2D eigenvalue weighted by Crippen LogP contribution is 2.20. The van der Waals surface area contributed by atoms with Gasteiger partial charge in [-0.05, 0) is 43.3 Å². The molecule has 0 heterocycles. The summed E-state index contributed by atoms with van der Waals surface area (Å²) in [5.74, 6) is 1.36. The van der Waals surface area contributed by atoms with Crippen LogP contribution >= 0.6 is 35.1 Å². The molecule has 0 radical (unpaired) electrons. The summed E-state index contributed by atoms with van der Waals surface area (Å²) >= 11 is 9.09. The van der Waals surface area contributed by atoms with E-state index in [9.17, 15) is 4.79 Å². The van der Waals surface area contributed by atoms with E-state index in [1.54, 1.807) is 11.8 Å². The van der Waals surface area contributed by atoms with Crippen LogP contribution in [0.25, 0.3) is 0 Å². The molecule has 0 saturated heterocycles. The minimum atomic E-state index is 0.0597. The molecule has 0 atom stereocenters. The molecule has 0 aliphatic heterocycles. The SMILES string of the molecule is Cc1ccc(SCCNC(=O)CSc2ccc(Cl)cc2)cc1. The lowest BCUT2D eigenvalue weighted by Crippen LogP contribution is -2.27. The van der Waals surface area contributed by atoms with Gasteiger partial charge in [0, 0.05) is 27.1 Å². The van der Waals surface area contributed by atoms with E-state index in [1.807, 2.05) is 24.3 Å². The molecule has 2 aromatic carbocycles. The predicted octanol–water partition coefficient (Wildman–Crippen LogP) is 4.65. The Hall–Kier alpha value is -1.10. The highest BCUT2D eigenvalue weighted by atomic mass is 35.5. The molecule has 1 amide bonds. The van der Waals surface area contributed by atoms with Crippen molar-refractivity contribution in [2.24, 2.45) is 0 Å². The maximum Gasteiger partial charge on any atom is 0.230 e. The molecule has 0 bridgehead atoms. The highest BCUT2D eigenvalue weighted by Gasteiger charge is 2.02. The van der Waals surface area contributed by atoms with Gasteiger partial charge in [0.15, 0.2) is 0 Å². The average molecular weight is 352 g/mol. The van der Waals surface area contributed by atoms with Gasteiger partial charge < -0.3 is 5.32 Å². The summed E-state index contributed by atoms with van der Waals surface area (Å²) in [6.45, 7) is 2.76. The number of nitrogens with one attached hydrogen (secondary N) is 1. The van der Waals surface area contributed by atoms with Gasteiger partial charge in [-0.1, -0.05) is 29.3 Å². The first-order valence-corrected chi connectivity index (χ1v) is 9.33. The van der Waals surface area contributed by atoms with Crippen molar-refractivity contribution in [1.82, 2.24) is 5.32 Å². The molecule has 116 valence electrons. The number of thioether (sulfide) groups is 2. The van der Waals surface area contributed by atoms with Crippen LogP contribution in [0.1, 0.15) is 5.56 Å². The van der Waals surface area contributed by atoms with Gasteiger partial charge in [-0.25, -0.2) is 0 Å². The van der Waals surface area contributed by atoms with Crippen LogP contribution in [-0.2, 0) is 4.79 Å². The van der Waals surface area contributed by atoms with E-state index in [0.29, 0.717) is 17.3 Å². The van der Waals surface area contributed by atoms with Crippen molar-refractivity contribution in [3.63, 3.8) is 0 Å². The molecule has 0 unspecified atom stereocenters. The fourth-order valence-corrected chi connectivity index (χ4v) is 3.35. The molecule has 2 rings (SSSR count). The summed E-state index contributed by atoms with van der Waals surface area (Å²) in [6, 6.07) is 15.9. The number of rotatable bonds is 7. The summed E-state index contributed by atoms with van der Waals surface area (Å²) < 4.78 is 0. The largest absolute Gasteiger partial charge is 0.355 e. The standard InChI is InChI=1S/C17H18ClNOS2/c1-13-2-6-15(7-3-13)21-11-10-19-17(20)12-22-16-8-4-14(18)5-9-16/h2-9H,10-12H2,1H3,(H,19,20). The fraction of sp³-hybridized carbons (Fsp3) is 0.235. The summed E-state index contributed by atoms with van der Waals surface area (Å²) in [7, 11) is 0. The van der Waals surface area contributed by atoms with Gasteiger partial charge in [0.05, 0.1) is 5.75 Å². The first-order chi connectivity index (χ1) is 10.6. The number of carbonyl (C=O) groups excluding carboxylic acids is 1. The summed E-state index contributed by atoms with van der Waals surface area (Å²) in [6.07, 6.45) is 0. The molecule has 1 N–H and O–H groups in total. The molecule has 22 heavy (non-hydrogen) atoms. The monoisotopic (exact) mass is 351 g/mol. The van der Waals surface area contributed by atoms with E-state index in [-0.39, 0.29) is 5.91 Å². The zero-order valence-corrected chi connectivity index (χ0v) is 14.7. The van der Waals surface area contributed by atoms with Crippen molar-refractivity contribution in [2.45, 2.75) is 16.7 Å². The molecular formula is C17H18ClNOS2. The minimum Gasteiger partial charge on any atom is -0.355 e. The number of hydrogen-bond acceptors (Lipinski definition) is 3. The molecular weight excluding hydrogens is 334 g/mol. The minimum absolute atomic E-state index is 0.0597. The van der Waals surface area contributed by atoms with Crippen molar-refractivity contribution in [3.05, 3.63) is 59.1 Å². The van der Waals surface area contributed by atoms with E-state index in [1.165, 1.54) is 22.2 Å². The molecule has 0 aromatic heterocycles. The van der Waals surface area contributed by atoms with E-state index in [0.717, 1.165) is 10.6 Å². The van der Waals surface area contributed by atoms with Crippen molar-refractivity contribution in [1.29, 1.82) is 0 Å². The molecule has 0 spiro atoms. The molecule has 0 saturated carbocycles. The van der Waals surface area contributed by atoms with Crippen LogP contribution in [-0.4, -0.2) is 24.0 Å². The lowest BCUT2D eigenvalue weighted by molar-refractivity contribution is -0.118. The summed E-state index contributed by atoms with van der Waals surface area (Å²) in [4.78, 5) is 14.1. The zero-order valence-electron chi connectivity index (χ0n) is 12.3. The zero-order chi connectivity index (χ0) is 15.8. The van der Waals surface area contributed by atoms with Crippen LogP contribution in [0.2, 0.25) is 5.02 Å². The van der Waals surface area contributed by atoms with Crippen LogP contribution in [0.15, 0.2) is 58.3 Å². The Morgan fingerprint density at radius 1 is 1.00 bits per heavy atom. The van der Waals surface area contributed by atoms with E-state index < -0.39 is 0 Å². The Bertz CT molecular complexity index is 599. The molecule has 2 aromatic rings. The lowest BCUT2D eigenvalue weighted by Gasteiger charge is -2.06. The van der Waals surface area contributed by atoms with Gasteiger partial charge in [-0.2, -0.15) is 0 Å². The Balaban J connectivity index is 1.61. The maximum absolute atomic E-state index is 11.8. The Kier molecular flexibility index (Phi) is 7.16. The molecule has 0 aliphatic rings. The maximum atomic E-state index is 11.8. The third kappa shape index (κ3) is 6.34. The predicted molar refractivity (Wildman–Crippen MR) is 97.1 cm³/mol. The number of benzene rings is 2. The summed E-state index contributed by atoms with van der Waals surface area (Å²) in [5.41, 5.74) is 1.26.